The smallest absolute Gasteiger partial charge is 0.339 e. The zero-order chi connectivity index (χ0) is 13.0. The highest BCUT2D eigenvalue weighted by Crippen LogP contribution is 2.21. The van der Waals surface area contributed by atoms with Crippen LogP contribution in [-0.4, -0.2) is 16.8 Å². The Balaban J connectivity index is 3.11. The van der Waals surface area contributed by atoms with Crippen molar-refractivity contribution in [2.24, 2.45) is 0 Å². The first-order chi connectivity index (χ1) is 7.99. The molecule has 1 aromatic rings. The van der Waals surface area contributed by atoms with Gasteiger partial charge in [-0.05, 0) is 6.42 Å². The standard InChI is InChI=1S/C10H12F2NO2PS/c1-2-3-17-13-6-4-5(11)8(12)7(9(6)16)10(14)15/h4,13H,2-3,16H2,1H3,(H,14,15). The van der Waals surface area contributed by atoms with Gasteiger partial charge in [-0.2, -0.15) is 0 Å². The average Bonchev–Trinajstić information content (AvgIpc) is 2.25. The Morgan fingerprint density at radius 2 is 2.24 bits per heavy atom. The molecule has 1 unspecified atom stereocenters. The van der Waals surface area contributed by atoms with Gasteiger partial charge in [-0.3, -0.25) is 0 Å². The Morgan fingerprint density at radius 1 is 1.59 bits per heavy atom. The van der Waals surface area contributed by atoms with Gasteiger partial charge in [-0.15, -0.1) is 9.24 Å². The Bertz CT molecular complexity index is 443. The second-order valence-corrected chi connectivity index (χ2v) is 4.74. The van der Waals surface area contributed by atoms with Crippen LogP contribution in [0.3, 0.4) is 0 Å². The van der Waals surface area contributed by atoms with Crippen molar-refractivity contribution in [2.75, 3.05) is 10.5 Å². The number of rotatable bonds is 5. The first kappa shape index (κ1) is 14.2. The fraction of sp³-hybridized carbons (Fsp3) is 0.300. The van der Waals surface area contributed by atoms with Gasteiger partial charge in [0.2, 0.25) is 0 Å². The maximum Gasteiger partial charge on any atom is 0.339 e. The van der Waals surface area contributed by atoms with Crippen molar-refractivity contribution in [3.8, 4) is 0 Å². The van der Waals surface area contributed by atoms with Crippen LogP contribution in [0, 0.1) is 11.6 Å². The highest BCUT2D eigenvalue weighted by Gasteiger charge is 2.21. The Labute approximate surface area is 104 Å². The van der Waals surface area contributed by atoms with Crippen LogP contribution in [0.5, 0.6) is 0 Å². The van der Waals surface area contributed by atoms with Gasteiger partial charge in [0, 0.05) is 17.1 Å². The molecule has 0 aliphatic heterocycles. The van der Waals surface area contributed by atoms with Gasteiger partial charge in [0.1, 0.15) is 5.56 Å². The first-order valence-corrected chi connectivity index (χ1v) is 6.43. The lowest BCUT2D eigenvalue weighted by Gasteiger charge is -2.11. The molecule has 7 heteroatoms. The molecule has 0 spiro atoms. The number of anilines is 1. The molecule has 3 nitrogen and oxygen atoms in total. The van der Waals surface area contributed by atoms with Crippen LogP contribution in [0.1, 0.15) is 23.7 Å². The predicted octanol–water partition coefficient (Wildman–Crippen LogP) is 2.63. The van der Waals surface area contributed by atoms with Crippen molar-refractivity contribution in [3.05, 3.63) is 23.3 Å². The number of benzene rings is 1. The zero-order valence-electron chi connectivity index (χ0n) is 9.09. The van der Waals surface area contributed by atoms with E-state index in [1.165, 1.54) is 11.9 Å². The molecule has 0 amide bonds. The number of hydrogen-bond acceptors (Lipinski definition) is 3. The van der Waals surface area contributed by atoms with Gasteiger partial charge < -0.3 is 9.83 Å². The summed E-state index contributed by atoms with van der Waals surface area (Å²) in [6.07, 6.45) is 0.916. The minimum absolute atomic E-state index is 0.111. The Morgan fingerprint density at radius 3 is 2.76 bits per heavy atom. The van der Waals surface area contributed by atoms with Crippen LogP contribution in [0.15, 0.2) is 6.07 Å². The molecule has 0 aliphatic carbocycles. The average molecular weight is 279 g/mol. The molecule has 0 aliphatic rings. The van der Waals surface area contributed by atoms with Crippen molar-refractivity contribution in [1.82, 2.24) is 0 Å². The number of carboxylic acids is 1. The normalized spacial score (nSPS) is 10.4. The molecule has 0 fully saturated rings. The second kappa shape index (κ2) is 6.17. The summed E-state index contributed by atoms with van der Waals surface area (Å²) < 4.78 is 29.3. The van der Waals surface area contributed by atoms with E-state index < -0.39 is 23.2 Å². The molecular weight excluding hydrogens is 267 g/mol. The molecule has 17 heavy (non-hydrogen) atoms. The zero-order valence-corrected chi connectivity index (χ0v) is 11.1. The second-order valence-electron chi connectivity index (χ2n) is 3.26. The van der Waals surface area contributed by atoms with E-state index in [9.17, 15) is 13.6 Å². The quantitative estimate of drug-likeness (QED) is 0.494. The molecule has 1 rings (SSSR count). The Hall–Kier alpha value is -0.870. The van der Waals surface area contributed by atoms with Crippen LogP contribution in [0.2, 0.25) is 0 Å². The molecule has 0 saturated carbocycles. The molecule has 1 atom stereocenters. The summed E-state index contributed by atoms with van der Waals surface area (Å²) in [5, 5.41) is 8.92. The maximum absolute atomic E-state index is 13.3. The number of carbonyl (C=O) groups is 1. The number of nitrogens with one attached hydrogen (secondary N) is 1. The van der Waals surface area contributed by atoms with E-state index >= 15 is 0 Å². The lowest BCUT2D eigenvalue weighted by molar-refractivity contribution is 0.0692. The molecule has 94 valence electrons. The van der Waals surface area contributed by atoms with Crippen LogP contribution < -0.4 is 10.0 Å². The molecule has 0 saturated heterocycles. The summed E-state index contributed by atoms with van der Waals surface area (Å²) >= 11 is 1.31. The van der Waals surface area contributed by atoms with Crippen LogP contribution >= 0.6 is 21.2 Å². The largest absolute Gasteiger partial charge is 0.478 e. The van der Waals surface area contributed by atoms with E-state index in [1.807, 2.05) is 6.92 Å². The first-order valence-electron chi connectivity index (χ1n) is 4.87. The molecule has 2 N–H and O–H groups in total. The molecule has 1 aromatic carbocycles. The lowest BCUT2D eigenvalue weighted by Crippen LogP contribution is -2.17. The summed E-state index contributed by atoms with van der Waals surface area (Å²) in [6.45, 7) is 1.98. The molecule has 0 aromatic heterocycles. The minimum atomic E-state index is -1.49. The highest BCUT2D eigenvalue weighted by molar-refractivity contribution is 8.00. The van der Waals surface area contributed by atoms with E-state index in [-0.39, 0.29) is 11.0 Å². The van der Waals surface area contributed by atoms with E-state index in [0.717, 1.165) is 18.2 Å². The lowest BCUT2D eigenvalue weighted by atomic mass is 10.2. The van der Waals surface area contributed by atoms with Crippen molar-refractivity contribution in [1.29, 1.82) is 0 Å². The highest BCUT2D eigenvalue weighted by atomic mass is 32.2. The fourth-order valence-corrected chi connectivity index (χ4v) is 2.31. The summed E-state index contributed by atoms with van der Waals surface area (Å²) in [6, 6.07) is 0.951. The van der Waals surface area contributed by atoms with Crippen molar-refractivity contribution in [3.63, 3.8) is 0 Å². The summed E-state index contributed by atoms with van der Waals surface area (Å²) in [5.74, 6) is -3.22. The number of hydrogen-bond donors (Lipinski definition) is 2. The number of aromatic carboxylic acids is 1. The summed E-state index contributed by atoms with van der Waals surface area (Å²) in [5.41, 5.74) is -0.403. The van der Waals surface area contributed by atoms with Crippen molar-refractivity contribution < 1.29 is 18.7 Å². The van der Waals surface area contributed by atoms with E-state index in [1.54, 1.807) is 0 Å². The van der Waals surface area contributed by atoms with Gasteiger partial charge in [-0.25, -0.2) is 13.6 Å². The topological polar surface area (TPSA) is 49.3 Å². The van der Waals surface area contributed by atoms with Crippen LogP contribution in [0.4, 0.5) is 14.5 Å². The van der Waals surface area contributed by atoms with Crippen LogP contribution in [0.25, 0.3) is 0 Å². The van der Waals surface area contributed by atoms with Gasteiger partial charge in [0.05, 0.1) is 5.69 Å². The van der Waals surface area contributed by atoms with Gasteiger partial charge >= 0.3 is 5.97 Å². The SMILES string of the molecule is CCCSNc1cc(F)c(F)c(C(=O)O)c1P. The predicted molar refractivity (Wildman–Crippen MR) is 69.0 cm³/mol. The van der Waals surface area contributed by atoms with E-state index in [4.69, 9.17) is 5.11 Å². The van der Waals surface area contributed by atoms with Gasteiger partial charge in [-0.1, -0.05) is 18.9 Å². The third-order valence-corrected chi connectivity index (χ3v) is 3.54. The third kappa shape index (κ3) is 3.30. The minimum Gasteiger partial charge on any atom is -0.478 e. The van der Waals surface area contributed by atoms with Crippen molar-refractivity contribution >= 4 is 38.1 Å². The van der Waals surface area contributed by atoms with Crippen molar-refractivity contribution in [2.45, 2.75) is 13.3 Å². The summed E-state index contributed by atoms with van der Waals surface area (Å²) in [7, 11) is 2.12. The Kier molecular flexibility index (Phi) is 5.15. The number of carboxylic acid groups (broad SMARTS) is 1. The molecule has 0 heterocycles. The van der Waals surface area contributed by atoms with Gasteiger partial charge in [0.15, 0.2) is 11.6 Å². The summed E-state index contributed by atoms with van der Waals surface area (Å²) in [4.78, 5) is 10.8. The molecule has 0 radical (unpaired) electrons. The van der Waals surface area contributed by atoms with E-state index in [0.29, 0.717) is 0 Å². The molecular formula is C10H12F2NO2PS. The monoisotopic (exact) mass is 279 g/mol. The van der Waals surface area contributed by atoms with Crippen LogP contribution in [-0.2, 0) is 0 Å². The van der Waals surface area contributed by atoms with Gasteiger partial charge in [0.25, 0.3) is 0 Å². The maximum atomic E-state index is 13.3. The third-order valence-electron chi connectivity index (χ3n) is 1.96. The number of halogens is 2. The molecule has 0 bridgehead atoms. The van der Waals surface area contributed by atoms with E-state index in [2.05, 4.69) is 14.0 Å². The fourth-order valence-electron chi connectivity index (χ4n) is 1.16.